The van der Waals surface area contributed by atoms with Gasteiger partial charge in [0, 0.05) is 35.1 Å². The molecule has 3 aromatic heterocycles. The third-order valence-electron chi connectivity index (χ3n) is 4.87. The van der Waals surface area contributed by atoms with Gasteiger partial charge in [-0.15, -0.1) is 22.7 Å². The van der Waals surface area contributed by atoms with E-state index in [1.807, 2.05) is 43.2 Å². The number of hydrogen-bond acceptors (Lipinski definition) is 7. The van der Waals surface area contributed by atoms with Gasteiger partial charge >= 0.3 is 0 Å². The molecule has 1 fully saturated rings. The second-order valence-corrected chi connectivity index (χ2v) is 9.62. The Hall–Kier alpha value is -2.36. The normalized spacial score (nSPS) is 16.9. The number of carbonyl (C=O) groups excluding carboxylic acids is 2. The van der Waals surface area contributed by atoms with Crippen molar-refractivity contribution in [1.29, 1.82) is 0 Å². The van der Waals surface area contributed by atoms with E-state index in [1.165, 1.54) is 11.3 Å². The van der Waals surface area contributed by atoms with Crippen molar-refractivity contribution in [3.05, 3.63) is 44.9 Å². The molecule has 1 aliphatic rings. The van der Waals surface area contributed by atoms with E-state index in [0.717, 1.165) is 26.5 Å². The van der Waals surface area contributed by atoms with Gasteiger partial charge in [0.05, 0.1) is 30.3 Å². The van der Waals surface area contributed by atoms with Crippen molar-refractivity contribution in [3.63, 3.8) is 0 Å². The molecular weight excluding hydrogens is 420 g/mol. The summed E-state index contributed by atoms with van der Waals surface area (Å²) in [7, 11) is 0. The van der Waals surface area contributed by atoms with Gasteiger partial charge in [-0.05, 0) is 26.8 Å². The van der Waals surface area contributed by atoms with Crippen LogP contribution in [0.5, 0.6) is 0 Å². The number of carbonyl (C=O) groups is 2. The second-order valence-electron chi connectivity index (χ2n) is 7.56. The molecule has 0 radical (unpaired) electrons. The molecule has 0 aliphatic carbocycles. The number of rotatable bonds is 5. The van der Waals surface area contributed by atoms with E-state index >= 15 is 0 Å². The zero-order valence-corrected chi connectivity index (χ0v) is 18.8. The molecule has 1 atom stereocenters. The highest BCUT2D eigenvalue weighted by Gasteiger charge is 2.32. The summed E-state index contributed by atoms with van der Waals surface area (Å²) in [5.74, 6) is -0.104. The Balaban J connectivity index is 1.61. The number of pyridine rings is 1. The first-order valence-corrected chi connectivity index (χ1v) is 11.6. The molecule has 1 N–H and O–H groups in total. The molecule has 30 heavy (non-hydrogen) atoms. The average Bonchev–Trinajstić information content (AvgIpc) is 3.31. The average molecular weight is 445 g/mol. The lowest BCUT2D eigenvalue weighted by Gasteiger charge is -2.33. The summed E-state index contributed by atoms with van der Waals surface area (Å²) in [5, 5.41) is 6.76. The molecule has 0 bridgehead atoms. The Labute approximate surface area is 183 Å². The van der Waals surface area contributed by atoms with Gasteiger partial charge in [0.15, 0.2) is 0 Å². The first-order chi connectivity index (χ1) is 14.4. The summed E-state index contributed by atoms with van der Waals surface area (Å²) in [6, 6.07) is 3.84. The zero-order valence-electron chi connectivity index (χ0n) is 17.2. The van der Waals surface area contributed by atoms with E-state index in [9.17, 15) is 9.59 Å². The van der Waals surface area contributed by atoms with Gasteiger partial charge in [-0.25, -0.2) is 9.97 Å². The molecule has 1 saturated heterocycles. The molecule has 1 aliphatic heterocycles. The monoisotopic (exact) mass is 444 g/mol. The molecular formula is C21H24N4O3S2. The number of morpholine rings is 1. The zero-order chi connectivity index (χ0) is 21.3. The molecule has 0 spiro atoms. The Morgan fingerprint density at radius 2 is 2.23 bits per heavy atom. The van der Waals surface area contributed by atoms with Crippen molar-refractivity contribution >= 4 is 44.7 Å². The third-order valence-corrected chi connectivity index (χ3v) is 6.82. The van der Waals surface area contributed by atoms with Crippen LogP contribution in [0.4, 0.5) is 0 Å². The third kappa shape index (κ3) is 4.38. The summed E-state index contributed by atoms with van der Waals surface area (Å²) >= 11 is 2.91. The van der Waals surface area contributed by atoms with Crippen LogP contribution in [0.1, 0.15) is 45.9 Å². The lowest BCUT2D eigenvalue weighted by molar-refractivity contribution is -0.138. The van der Waals surface area contributed by atoms with E-state index in [2.05, 4.69) is 15.3 Å². The summed E-state index contributed by atoms with van der Waals surface area (Å²) < 4.78 is 6.05. The van der Waals surface area contributed by atoms with Crippen LogP contribution in [-0.4, -0.2) is 52.4 Å². The van der Waals surface area contributed by atoms with E-state index < -0.39 is 0 Å². The predicted molar refractivity (Wildman–Crippen MR) is 118 cm³/mol. The van der Waals surface area contributed by atoms with E-state index in [1.54, 1.807) is 17.5 Å². The molecule has 0 saturated carbocycles. The highest BCUT2D eigenvalue weighted by molar-refractivity contribution is 7.20. The number of ether oxygens (including phenoxy) is 1. The fourth-order valence-corrected chi connectivity index (χ4v) is 5.28. The van der Waals surface area contributed by atoms with Crippen LogP contribution >= 0.6 is 22.7 Å². The summed E-state index contributed by atoms with van der Waals surface area (Å²) in [6.07, 6.45) is 1.63. The van der Waals surface area contributed by atoms with Crippen molar-refractivity contribution in [2.24, 2.45) is 0 Å². The minimum atomic E-state index is -0.370. The van der Waals surface area contributed by atoms with E-state index in [-0.39, 0.29) is 30.4 Å². The standard InChI is InChI=1S/C21H24N4O3S2/c1-12(2)23-20(27)19-18(15-5-4-6-22-21(15)30-19)16-10-25(7-8-28-16)17(26)9-14-11-29-13(3)24-14/h4-6,11-12,16H,7-10H2,1-3H3,(H,23,27)/t16-/m1/s1. The topological polar surface area (TPSA) is 84.4 Å². The molecule has 0 aromatic carbocycles. The van der Waals surface area contributed by atoms with E-state index in [4.69, 9.17) is 4.74 Å². The number of amides is 2. The van der Waals surface area contributed by atoms with Gasteiger partial charge in [-0.2, -0.15) is 0 Å². The Morgan fingerprint density at radius 3 is 2.97 bits per heavy atom. The molecule has 2 amide bonds. The van der Waals surface area contributed by atoms with Crippen molar-refractivity contribution in [2.45, 2.75) is 39.3 Å². The first-order valence-electron chi connectivity index (χ1n) is 9.91. The Morgan fingerprint density at radius 1 is 1.40 bits per heavy atom. The fourth-order valence-electron chi connectivity index (χ4n) is 3.57. The number of nitrogens with zero attached hydrogens (tertiary/aromatic N) is 3. The van der Waals surface area contributed by atoms with Gasteiger partial charge in [0.2, 0.25) is 5.91 Å². The molecule has 4 heterocycles. The number of aryl methyl sites for hydroxylation is 1. The maximum absolute atomic E-state index is 12.9. The number of hydrogen-bond donors (Lipinski definition) is 1. The van der Waals surface area contributed by atoms with Crippen molar-refractivity contribution in [2.75, 3.05) is 19.7 Å². The number of thiophene rings is 1. The fraction of sp³-hybridized carbons (Fsp3) is 0.429. The highest BCUT2D eigenvalue weighted by atomic mass is 32.1. The first kappa shape index (κ1) is 20.9. The van der Waals surface area contributed by atoms with Crippen LogP contribution in [0.15, 0.2) is 23.7 Å². The van der Waals surface area contributed by atoms with Gasteiger partial charge in [0.25, 0.3) is 5.91 Å². The van der Waals surface area contributed by atoms with Gasteiger partial charge in [-0.3, -0.25) is 9.59 Å². The molecule has 4 rings (SSSR count). The minimum absolute atomic E-state index is 0.0236. The molecule has 158 valence electrons. The molecule has 0 unspecified atom stereocenters. The Kier molecular flexibility index (Phi) is 6.12. The van der Waals surface area contributed by atoms with Crippen molar-refractivity contribution < 1.29 is 14.3 Å². The Bertz CT molecular complexity index is 1080. The van der Waals surface area contributed by atoms with Crippen molar-refractivity contribution in [1.82, 2.24) is 20.2 Å². The summed E-state index contributed by atoms with van der Waals surface area (Å²) in [4.78, 5) is 37.8. The summed E-state index contributed by atoms with van der Waals surface area (Å²) in [6.45, 7) is 7.16. The molecule has 7 nitrogen and oxygen atoms in total. The number of fused-ring (bicyclic) bond motifs is 1. The van der Waals surface area contributed by atoms with Crippen LogP contribution in [0.2, 0.25) is 0 Å². The maximum atomic E-state index is 12.9. The van der Waals surface area contributed by atoms with Crippen LogP contribution in [0.25, 0.3) is 10.2 Å². The number of thiazole rings is 1. The SMILES string of the molecule is Cc1nc(CC(=O)N2CCO[C@@H](c3c(C(=O)NC(C)C)sc4ncccc34)C2)cs1. The number of nitrogens with one attached hydrogen (secondary N) is 1. The van der Waals surface area contributed by atoms with Crippen molar-refractivity contribution in [3.8, 4) is 0 Å². The van der Waals surface area contributed by atoms with E-state index in [0.29, 0.717) is 24.6 Å². The smallest absolute Gasteiger partial charge is 0.262 e. The van der Waals surface area contributed by atoms with Gasteiger partial charge < -0.3 is 15.0 Å². The maximum Gasteiger partial charge on any atom is 0.262 e. The van der Waals surface area contributed by atoms with Crippen LogP contribution in [-0.2, 0) is 16.0 Å². The van der Waals surface area contributed by atoms with Gasteiger partial charge in [-0.1, -0.05) is 6.07 Å². The highest BCUT2D eigenvalue weighted by Crippen LogP contribution is 2.37. The second kappa shape index (κ2) is 8.79. The lowest BCUT2D eigenvalue weighted by atomic mass is 10.0. The molecule has 3 aromatic rings. The van der Waals surface area contributed by atoms with Crippen LogP contribution in [0, 0.1) is 6.92 Å². The largest absolute Gasteiger partial charge is 0.370 e. The minimum Gasteiger partial charge on any atom is -0.370 e. The van der Waals surface area contributed by atoms with Crippen LogP contribution < -0.4 is 5.32 Å². The lowest BCUT2D eigenvalue weighted by Crippen LogP contribution is -2.43. The summed E-state index contributed by atoms with van der Waals surface area (Å²) in [5.41, 5.74) is 1.62. The number of aromatic nitrogens is 2. The van der Waals surface area contributed by atoms with Crippen LogP contribution in [0.3, 0.4) is 0 Å². The van der Waals surface area contributed by atoms with Gasteiger partial charge in [0.1, 0.15) is 15.8 Å². The molecule has 9 heteroatoms. The predicted octanol–water partition coefficient (Wildman–Crippen LogP) is 3.34. The quantitative estimate of drug-likeness (QED) is 0.652.